The maximum absolute atomic E-state index is 11.0. The second-order valence-corrected chi connectivity index (χ2v) is 8.20. The fourth-order valence-electron chi connectivity index (χ4n) is 1.86. The Labute approximate surface area is 122 Å². The van der Waals surface area contributed by atoms with Crippen LogP contribution in [0.5, 0.6) is 0 Å². The van der Waals surface area contributed by atoms with E-state index in [1.165, 1.54) is 38.5 Å². The molecule has 0 heterocycles. The topological polar surface area (TPSA) is 57.5 Å². The Balaban J connectivity index is 3.46. The summed E-state index contributed by atoms with van der Waals surface area (Å²) in [6.45, 7) is 2.21. The van der Waals surface area contributed by atoms with E-state index < -0.39 is 12.6 Å². The van der Waals surface area contributed by atoms with Gasteiger partial charge in [-0.15, -0.1) is 0 Å². The summed E-state index contributed by atoms with van der Waals surface area (Å²) in [6.07, 6.45) is 10.5. The third kappa shape index (κ3) is 9.74. The minimum absolute atomic E-state index is 0.325. The van der Waals surface area contributed by atoms with Gasteiger partial charge in [0.05, 0.1) is 0 Å². The van der Waals surface area contributed by atoms with Crippen molar-refractivity contribution in [1.82, 2.24) is 0 Å². The molecule has 0 aromatic carbocycles. The molecule has 0 aliphatic carbocycles. The highest BCUT2D eigenvalue weighted by Gasteiger charge is 2.30. The van der Waals surface area contributed by atoms with Crippen molar-refractivity contribution in [3.63, 3.8) is 0 Å². The van der Waals surface area contributed by atoms with E-state index in [1.54, 1.807) is 0 Å². The van der Waals surface area contributed by atoms with Crippen LogP contribution in [-0.2, 0) is 4.57 Å². The predicted molar refractivity (Wildman–Crippen MR) is 84.8 cm³/mol. The van der Waals surface area contributed by atoms with Crippen LogP contribution in [0, 0.1) is 0 Å². The van der Waals surface area contributed by atoms with Gasteiger partial charge >= 0.3 is 7.60 Å². The first-order valence-electron chi connectivity index (χ1n) is 6.81. The average Bonchev–Trinajstić information content (AvgIpc) is 2.30. The maximum atomic E-state index is 11.0. The van der Waals surface area contributed by atoms with Crippen molar-refractivity contribution in [3.05, 3.63) is 0 Å². The maximum Gasteiger partial charge on any atom is 0.339 e. The fraction of sp³-hybridized carbons (Fsp3) is 1.00. The summed E-state index contributed by atoms with van der Waals surface area (Å²) in [5, 5.41) is -0.325. The number of hydrogen-bond donors (Lipinski definition) is 4. The van der Waals surface area contributed by atoms with Gasteiger partial charge in [0.1, 0.15) is 4.99 Å². The number of thiol groups is 2. The van der Waals surface area contributed by atoms with Gasteiger partial charge in [0, 0.05) is 5.25 Å². The van der Waals surface area contributed by atoms with Gasteiger partial charge in [-0.05, 0) is 6.42 Å². The molecule has 6 heteroatoms. The lowest BCUT2D eigenvalue weighted by Gasteiger charge is -2.19. The molecule has 0 amide bonds. The second-order valence-electron chi connectivity index (χ2n) is 4.83. The zero-order valence-electron chi connectivity index (χ0n) is 11.2. The molecule has 0 aromatic rings. The van der Waals surface area contributed by atoms with Crippen LogP contribution in [0.25, 0.3) is 0 Å². The van der Waals surface area contributed by atoms with Crippen LogP contribution in [0.15, 0.2) is 0 Å². The van der Waals surface area contributed by atoms with Gasteiger partial charge < -0.3 is 9.79 Å². The molecule has 3 nitrogen and oxygen atoms in total. The summed E-state index contributed by atoms with van der Waals surface area (Å²) in [6, 6.07) is 0. The lowest BCUT2D eigenvalue weighted by atomic mass is 10.1. The molecule has 0 aliphatic heterocycles. The lowest BCUT2D eigenvalue weighted by Crippen LogP contribution is -2.15. The van der Waals surface area contributed by atoms with Gasteiger partial charge in [0.25, 0.3) is 0 Å². The molecule has 0 radical (unpaired) electrons. The Bertz CT molecular complexity index is 245. The Morgan fingerprint density at radius 2 is 1.39 bits per heavy atom. The van der Waals surface area contributed by atoms with Gasteiger partial charge in [-0.3, -0.25) is 4.57 Å². The molecule has 18 heavy (non-hydrogen) atoms. The van der Waals surface area contributed by atoms with E-state index in [-0.39, 0.29) is 5.25 Å². The van der Waals surface area contributed by atoms with Crippen molar-refractivity contribution in [1.29, 1.82) is 0 Å². The third-order valence-corrected chi connectivity index (χ3v) is 6.38. The molecule has 2 N–H and O–H groups in total. The lowest BCUT2D eigenvalue weighted by molar-refractivity contribution is 0.368. The molecule has 2 atom stereocenters. The zero-order valence-corrected chi connectivity index (χ0v) is 13.8. The minimum Gasteiger partial charge on any atom is -0.324 e. The number of rotatable bonds is 11. The SMILES string of the molecule is CCCCCCCCCCC(S)C(S)P(=O)(O)O. The molecular weight excluding hydrogens is 287 g/mol. The summed E-state index contributed by atoms with van der Waals surface area (Å²) in [4.78, 5) is 17.0. The van der Waals surface area contributed by atoms with Crippen molar-refractivity contribution in [2.45, 2.75) is 75.0 Å². The summed E-state index contributed by atoms with van der Waals surface area (Å²) in [5.41, 5.74) is 0. The second kappa shape index (κ2) is 10.6. The van der Waals surface area contributed by atoms with E-state index in [0.29, 0.717) is 0 Å². The van der Waals surface area contributed by atoms with Crippen LogP contribution in [0.3, 0.4) is 0 Å². The molecule has 0 aliphatic rings. The Morgan fingerprint density at radius 1 is 0.944 bits per heavy atom. The number of unbranched alkanes of at least 4 members (excludes halogenated alkanes) is 7. The molecule has 0 fully saturated rings. The van der Waals surface area contributed by atoms with Gasteiger partial charge in [0.15, 0.2) is 0 Å². The zero-order chi connectivity index (χ0) is 14.0. The monoisotopic (exact) mass is 314 g/mol. The van der Waals surface area contributed by atoms with Crippen molar-refractivity contribution in [2.24, 2.45) is 0 Å². The number of hydrogen-bond acceptors (Lipinski definition) is 3. The standard InChI is InChI=1S/C12H27O3PS2/c1-2-3-4-5-6-7-8-9-10-11(17)12(18)16(13,14)15/h11-12,17-18H,2-10H2,1H3,(H2,13,14,15). The first-order chi connectivity index (χ1) is 8.39. The summed E-state index contributed by atoms with van der Waals surface area (Å²) < 4.78 is 11.0. The quantitative estimate of drug-likeness (QED) is 0.262. The molecule has 0 rings (SSSR count). The molecule has 0 aromatic heterocycles. The predicted octanol–water partition coefficient (Wildman–Crippen LogP) is 4.25. The smallest absolute Gasteiger partial charge is 0.324 e. The van der Waals surface area contributed by atoms with Crippen LogP contribution in [0.2, 0.25) is 0 Å². The van der Waals surface area contributed by atoms with E-state index in [9.17, 15) is 4.57 Å². The van der Waals surface area contributed by atoms with E-state index in [0.717, 1.165) is 19.3 Å². The summed E-state index contributed by atoms with van der Waals surface area (Å²) in [7, 11) is -4.10. The first kappa shape index (κ1) is 18.9. The molecular formula is C12H27O3PS2. The first-order valence-corrected chi connectivity index (χ1v) is 9.52. The fourth-order valence-corrected chi connectivity index (χ4v) is 3.31. The van der Waals surface area contributed by atoms with Crippen LogP contribution in [0.1, 0.15) is 64.7 Å². The van der Waals surface area contributed by atoms with Crippen LogP contribution < -0.4 is 0 Å². The molecule has 2 unspecified atom stereocenters. The van der Waals surface area contributed by atoms with Gasteiger partial charge in [0.2, 0.25) is 0 Å². The van der Waals surface area contributed by atoms with E-state index in [4.69, 9.17) is 9.79 Å². The molecule has 0 saturated carbocycles. The van der Waals surface area contributed by atoms with Crippen LogP contribution in [0.4, 0.5) is 0 Å². The van der Waals surface area contributed by atoms with E-state index in [1.807, 2.05) is 0 Å². The van der Waals surface area contributed by atoms with Crippen LogP contribution >= 0.6 is 32.9 Å². The summed E-state index contributed by atoms with van der Waals surface area (Å²) in [5.74, 6) is 0. The van der Waals surface area contributed by atoms with E-state index in [2.05, 4.69) is 32.2 Å². The van der Waals surface area contributed by atoms with Crippen LogP contribution in [-0.4, -0.2) is 20.0 Å². The molecule has 0 saturated heterocycles. The molecule has 0 bridgehead atoms. The molecule has 110 valence electrons. The Kier molecular flexibility index (Phi) is 11.1. The molecule has 0 spiro atoms. The van der Waals surface area contributed by atoms with Crippen molar-refractivity contribution in [2.75, 3.05) is 0 Å². The highest BCUT2D eigenvalue weighted by molar-refractivity contribution is 7.92. The van der Waals surface area contributed by atoms with Gasteiger partial charge in [-0.25, -0.2) is 0 Å². The third-order valence-electron chi connectivity index (χ3n) is 3.04. The Morgan fingerprint density at radius 3 is 1.83 bits per heavy atom. The van der Waals surface area contributed by atoms with Gasteiger partial charge in [-0.1, -0.05) is 58.3 Å². The highest BCUT2D eigenvalue weighted by Crippen LogP contribution is 2.47. The highest BCUT2D eigenvalue weighted by atomic mass is 32.1. The normalized spacial score (nSPS) is 15.6. The average molecular weight is 314 g/mol. The largest absolute Gasteiger partial charge is 0.339 e. The van der Waals surface area contributed by atoms with Crippen molar-refractivity contribution in [3.8, 4) is 0 Å². The minimum atomic E-state index is -4.10. The van der Waals surface area contributed by atoms with Crippen molar-refractivity contribution < 1.29 is 14.4 Å². The Hall–Kier alpha value is 0.850. The van der Waals surface area contributed by atoms with Gasteiger partial charge in [-0.2, -0.15) is 25.3 Å². The van der Waals surface area contributed by atoms with E-state index >= 15 is 0 Å². The summed E-state index contributed by atoms with van der Waals surface area (Å²) >= 11 is 8.17. The van der Waals surface area contributed by atoms with Crippen molar-refractivity contribution >= 4 is 32.9 Å².